The first-order chi connectivity index (χ1) is 9.60. The number of carboxylic acids is 1. The molecule has 2 rings (SSSR count). The molecule has 0 atom stereocenters. The largest absolute Gasteiger partial charge is 0.478 e. The number of rotatable bonds is 4. The first-order valence-electron chi connectivity index (χ1n) is 6.40. The van der Waals surface area contributed by atoms with Crippen molar-refractivity contribution in [3.05, 3.63) is 65.2 Å². The zero-order valence-electron chi connectivity index (χ0n) is 11.1. The first-order valence-corrected chi connectivity index (χ1v) is 6.78. The predicted molar refractivity (Wildman–Crippen MR) is 82.8 cm³/mol. The minimum absolute atomic E-state index is 0.687. The molecule has 0 saturated heterocycles. The molecule has 2 aromatic carbocycles. The number of hydrogen-bond acceptors (Lipinski definition) is 1. The van der Waals surface area contributed by atoms with E-state index in [1.54, 1.807) is 0 Å². The molecular weight excluding hydrogens is 272 g/mol. The van der Waals surface area contributed by atoms with Crippen molar-refractivity contribution in [1.29, 1.82) is 0 Å². The molecule has 0 aliphatic carbocycles. The Kier molecular flexibility index (Phi) is 4.59. The molecule has 0 aliphatic heterocycles. The van der Waals surface area contributed by atoms with Crippen LogP contribution in [0.1, 0.15) is 18.9 Å². The smallest absolute Gasteiger partial charge is 0.328 e. The molecule has 2 aromatic rings. The highest BCUT2D eigenvalue weighted by Crippen LogP contribution is 2.25. The molecule has 2 nitrogen and oxygen atoms in total. The summed E-state index contributed by atoms with van der Waals surface area (Å²) >= 11 is 5.87. The van der Waals surface area contributed by atoms with Crippen LogP contribution >= 0.6 is 11.6 Å². The topological polar surface area (TPSA) is 37.3 Å². The second-order valence-corrected chi connectivity index (χ2v) is 4.88. The van der Waals surface area contributed by atoms with Crippen molar-refractivity contribution in [1.82, 2.24) is 0 Å². The molecule has 0 aromatic heterocycles. The Labute approximate surface area is 123 Å². The van der Waals surface area contributed by atoms with E-state index in [4.69, 9.17) is 16.7 Å². The van der Waals surface area contributed by atoms with Crippen LogP contribution in [0.3, 0.4) is 0 Å². The molecule has 102 valence electrons. The average molecular weight is 287 g/mol. The highest BCUT2D eigenvalue weighted by atomic mass is 35.5. The van der Waals surface area contributed by atoms with Crippen LogP contribution in [0.2, 0.25) is 5.02 Å². The predicted octanol–water partition coefficient (Wildman–Crippen LogP) is 4.89. The van der Waals surface area contributed by atoms with Gasteiger partial charge < -0.3 is 5.11 Å². The highest BCUT2D eigenvalue weighted by molar-refractivity contribution is 6.30. The van der Waals surface area contributed by atoms with Gasteiger partial charge in [-0.15, -0.1) is 0 Å². The first kappa shape index (κ1) is 14.4. The van der Waals surface area contributed by atoms with E-state index >= 15 is 0 Å². The third-order valence-electron chi connectivity index (χ3n) is 3.11. The van der Waals surface area contributed by atoms with Crippen LogP contribution in [0.4, 0.5) is 0 Å². The summed E-state index contributed by atoms with van der Waals surface area (Å²) in [5.74, 6) is -0.913. The molecule has 0 heterocycles. The summed E-state index contributed by atoms with van der Waals surface area (Å²) in [4.78, 5) is 10.8. The van der Waals surface area contributed by atoms with E-state index in [-0.39, 0.29) is 0 Å². The maximum atomic E-state index is 10.8. The van der Waals surface area contributed by atoms with Crippen LogP contribution in [0.5, 0.6) is 0 Å². The third-order valence-corrected chi connectivity index (χ3v) is 3.36. The zero-order valence-corrected chi connectivity index (χ0v) is 11.9. The minimum Gasteiger partial charge on any atom is -0.478 e. The van der Waals surface area contributed by atoms with Gasteiger partial charge >= 0.3 is 5.97 Å². The van der Waals surface area contributed by atoms with Crippen LogP contribution in [0.15, 0.2) is 54.6 Å². The minimum atomic E-state index is -0.913. The van der Waals surface area contributed by atoms with Gasteiger partial charge in [-0.2, -0.15) is 0 Å². The zero-order chi connectivity index (χ0) is 14.5. The molecular formula is C17H15ClO2. The second-order valence-electron chi connectivity index (χ2n) is 4.45. The van der Waals surface area contributed by atoms with E-state index in [1.165, 1.54) is 6.08 Å². The lowest BCUT2D eigenvalue weighted by atomic mass is 9.99. The Hall–Kier alpha value is -2.06. The molecule has 0 radical (unpaired) electrons. The molecule has 3 heteroatoms. The van der Waals surface area contributed by atoms with Gasteiger partial charge in [0.2, 0.25) is 0 Å². The Morgan fingerprint density at radius 1 is 1.05 bits per heavy atom. The van der Waals surface area contributed by atoms with Crippen molar-refractivity contribution in [2.24, 2.45) is 0 Å². The molecule has 1 N–H and O–H groups in total. The molecule has 20 heavy (non-hydrogen) atoms. The Morgan fingerprint density at radius 3 is 2.00 bits per heavy atom. The monoisotopic (exact) mass is 286 g/mol. The summed E-state index contributed by atoms with van der Waals surface area (Å²) in [6.45, 7) is 1.95. The van der Waals surface area contributed by atoms with E-state index in [1.807, 2.05) is 55.5 Å². The number of allylic oxidation sites excluding steroid dienone is 1. The van der Waals surface area contributed by atoms with E-state index < -0.39 is 5.97 Å². The lowest BCUT2D eigenvalue weighted by Gasteiger charge is -2.06. The van der Waals surface area contributed by atoms with Gasteiger partial charge in [0, 0.05) is 11.1 Å². The number of benzene rings is 2. The van der Waals surface area contributed by atoms with Gasteiger partial charge in [-0.1, -0.05) is 54.9 Å². The molecule has 0 bridgehead atoms. The van der Waals surface area contributed by atoms with Gasteiger partial charge in [-0.3, -0.25) is 0 Å². The maximum Gasteiger partial charge on any atom is 0.328 e. The molecule has 0 aliphatic rings. The lowest BCUT2D eigenvalue weighted by molar-refractivity contribution is -0.131. The quantitative estimate of drug-likeness (QED) is 0.813. The molecule has 0 saturated carbocycles. The number of halogens is 1. The average Bonchev–Trinajstić information content (AvgIpc) is 2.46. The van der Waals surface area contributed by atoms with Gasteiger partial charge in [-0.05, 0) is 40.8 Å². The number of carboxylic acid groups (broad SMARTS) is 1. The summed E-state index contributed by atoms with van der Waals surface area (Å²) in [5, 5.41) is 9.56. The van der Waals surface area contributed by atoms with Crippen molar-refractivity contribution < 1.29 is 9.90 Å². The normalized spacial score (nSPS) is 11.4. The van der Waals surface area contributed by atoms with Crippen LogP contribution in [0, 0.1) is 0 Å². The maximum absolute atomic E-state index is 10.8. The number of carbonyl (C=O) groups is 1. The Balaban J connectivity index is 2.30. The van der Waals surface area contributed by atoms with Gasteiger partial charge in [0.15, 0.2) is 0 Å². The fourth-order valence-electron chi connectivity index (χ4n) is 2.06. The van der Waals surface area contributed by atoms with E-state index in [9.17, 15) is 4.79 Å². The van der Waals surface area contributed by atoms with Crippen molar-refractivity contribution in [2.45, 2.75) is 13.3 Å². The SMILES string of the molecule is CC/C(=C\C(=O)O)c1ccc(-c2ccc(Cl)cc2)cc1. The lowest BCUT2D eigenvalue weighted by Crippen LogP contribution is -1.92. The molecule has 0 unspecified atom stereocenters. The van der Waals surface area contributed by atoms with Gasteiger partial charge in [0.05, 0.1) is 0 Å². The van der Waals surface area contributed by atoms with Crippen molar-refractivity contribution in [3.63, 3.8) is 0 Å². The summed E-state index contributed by atoms with van der Waals surface area (Å²) in [7, 11) is 0. The Bertz CT molecular complexity index is 625. The van der Waals surface area contributed by atoms with Gasteiger partial charge in [-0.25, -0.2) is 4.79 Å². The van der Waals surface area contributed by atoms with Crippen molar-refractivity contribution in [2.75, 3.05) is 0 Å². The summed E-state index contributed by atoms with van der Waals surface area (Å²) in [5.41, 5.74) is 3.92. The van der Waals surface area contributed by atoms with E-state index in [0.29, 0.717) is 11.4 Å². The van der Waals surface area contributed by atoms with Gasteiger partial charge in [0.1, 0.15) is 0 Å². The molecule has 0 amide bonds. The fraction of sp³-hybridized carbons (Fsp3) is 0.118. The highest BCUT2D eigenvalue weighted by Gasteiger charge is 2.03. The summed E-state index contributed by atoms with van der Waals surface area (Å²) in [6.07, 6.45) is 1.95. The molecule has 0 fully saturated rings. The van der Waals surface area contributed by atoms with E-state index in [2.05, 4.69) is 0 Å². The standard InChI is InChI=1S/C17H15ClO2/c1-2-12(11-17(19)20)13-3-5-14(6-4-13)15-7-9-16(18)10-8-15/h3-11H,2H2,1H3,(H,19,20)/b12-11+. The number of aliphatic carboxylic acids is 1. The second kappa shape index (κ2) is 6.40. The van der Waals surface area contributed by atoms with Crippen LogP contribution in [-0.2, 0) is 4.79 Å². The summed E-state index contributed by atoms with van der Waals surface area (Å²) < 4.78 is 0. The van der Waals surface area contributed by atoms with Crippen LogP contribution in [-0.4, -0.2) is 11.1 Å². The summed E-state index contributed by atoms with van der Waals surface area (Å²) in [6, 6.07) is 15.5. The van der Waals surface area contributed by atoms with Crippen molar-refractivity contribution >= 4 is 23.1 Å². The fourth-order valence-corrected chi connectivity index (χ4v) is 2.18. The van der Waals surface area contributed by atoms with Crippen LogP contribution in [0.25, 0.3) is 16.7 Å². The van der Waals surface area contributed by atoms with E-state index in [0.717, 1.165) is 22.3 Å². The van der Waals surface area contributed by atoms with Gasteiger partial charge in [0.25, 0.3) is 0 Å². The third kappa shape index (κ3) is 3.49. The van der Waals surface area contributed by atoms with Crippen LogP contribution < -0.4 is 0 Å². The molecule has 0 spiro atoms. The van der Waals surface area contributed by atoms with Crippen molar-refractivity contribution in [3.8, 4) is 11.1 Å². The number of hydrogen-bond donors (Lipinski definition) is 1. The Morgan fingerprint density at radius 2 is 1.55 bits per heavy atom.